The van der Waals surface area contributed by atoms with Crippen LogP contribution in [0.15, 0.2) is 29.0 Å². The van der Waals surface area contributed by atoms with Gasteiger partial charge < -0.3 is 10.2 Å². The lowest BCUT2D eigenvalue weighted by Crippen LogP contribution is -1.87. The number of anilines is 1. The molecule has 0 saturated heterocycles. The van der Waals surface area contributed by atoms with Gasteiger partial charge in [-0.05, 0) is 12.1 Å². The predicted molar refractivity (Wildman–Crippen MR) is 45.2 cm³/mol. The molecule has 0 bridgehead atoms. The lowest BCUT2D eigenvalue weighted by Gasteiger charge is -1.89. The Morgan fingerprint density at radius 1 is 1.36 bits per heavy atom. The Morgan fingerprint density at radius 2 is 2.18 bits per heavy atom. The van der Waals surface area contributed by atoms with E-state index >= 15 is 0 Å². The first-order valence-electron chi connectivity index (χ1n) is 2.95. The standard InChI is InChI=1S/C7H6N2O.CH4/c8-7-5-2-4-10-6(5)1-3-9-7;/h1-4H,(H2,8,9);1H4. The summed E-state index contributed by atoms with van der Waals surface area (Å²) in [5.74, 6) is 0.520. The molecule has 0 aliphatic carbocycles. The summed E-state index contributed by atoms with van der Waals surface area (Å²) in [4.78, 5) is 3.90. The number of hydrogen-bond donors (Lipinski definition) is 1. The van der Waals surface area contributed by atoms with Crippen LogP contribution in [0.2, 0.25) is 0 Å². The van der Waals surface area contributed by atoms with Crippen molar-refractivity contribution in [3.63, 3.8) is 0 Å². The summed E-state index contributed by atoms with van der Waals surface area (Å²) in [5, 5.41) is 0.877. The van der Waals surface area contributed by atoms with E-state index in [4.69, 9.17) is 10.2 Å². The van der Waals surface area contributed by atoms with Gasteiger partial charge in [0, 0.05) is 6.20 Å². The number of hydrogen-bond acceptors (Lipinski definition) is 3. The Labute approximate surface area is 64.8 Å². The van der Waals surface area contributed by atoms with Crippen LogP contribution in [0.25, 0.3) is 11.0 Å². The molecule has 2 aromatic heterocycles. The molecule has 2 heterocycles. The molecule has 0 fully saturated rings. The quantitative estimate of drug-likeness (QED) is 0.625. The molecule has 0 radical (unpaired) electrons. The molecular formula is C8H10N2O. The van der Waals surface area contributed by atoms with Gasteiger partial charge in [0.1, 0.15) is 11.4 Å². The summed E-state index contributed by atoms with van der Waals surface area (Å²) in [5.41, 5.74) is 6.31. The smallest absolute Gasteiger partial charge is 0.139 e. The third kappa shape index (κ3) is 1.05. The first-order chi connectivity index (χ1) is 4.88. The van der Waals surface area contributed by atoms with Crippen molar-refractivity contribution in [2.75, 3.05) is 5.73 Å². The molecule has 3 heteroatoms. The van der Waals surface area contributed by atoms with Crippen molar-refractivity contribution < 1.29 is 4.42 Å². The molecule has 11 heavy (non-hydrogen) atoms. The van der Waals surface area contributed by atoms with E-state index in [0.29, 0.717) is 5.82 Å². The number of pyridine rings is 1. The fraction of sp³-hybridized carbons (Fsp3) is 0.125. The van der Waals surface area contributed by atoms with Gasteiger partial charge in [-0.2, -0.15) is 0 Å². The predicted octanol–water partition coefficient (Wildman–Crippen LogP) is 2.05. The fourth-order valence-electron chi connectivity index (χ4n) is 0.916. The molecule has 2 rings (SSSR count). The van der Waals surface area contributed by atoms with Crippen LogP contribution in [-0.2, 0) is 0 Å². The van der Waals surface area contributed by atoms with Gasteiger partial charge in [0.15, 0.2) is 0 Å². The molecule has 2 aromatic rings. The van der Waals surface area contributed by atoms with Crippen molar-refractivity contribution in [3.05, 3.63) is 24.6 Å². The van der Waals surface area contributed by atoms with Gasteiger partial charge in [-0.25, -0.2) is 4.98 Å². The summed E-state index contributed by atoms with van der Waals surface area (Å²) < 4.78 is 5.08. The van der Waals surface area contributed by atoms with Crippen molar-refractivity contribution in [3.8, 4) is 0 Å². The van der Waals surface area contributed by atoms with Gasteiger partial charge in [-0.15, -0.1) is 0 Å². The van der Waals surface area contributed by atoms with Gasteiger partial charge >= 0.3 is 0 Å². The summed E-state index contributed by atoms with van der Waals surface area (Å²) in [6.07, 6.45) is 3.23. The average Bonchev–Trinajstić information content (AvgIpc) is 2.36. The Bertz CT molecular complexity index is 354. The van der Waals surface area contributed by atoms with Crippen LogP contribution in [0.5, 0.6) is 0 Å². The van der Waals surface area contributed by atoms with E-state index in [1.54, 1.807) is 24.6 Å². The molecule has 0 spiro atoms. The highest BCUT2D eigenvalue weighted by molar-refractivity contribution is 5.86. The normalized spacial score (nSPS) is 9.45. The first kappa shape index (κ1) is 7.60. The first-order valence-corrected chi connectivity index (χ1v) is 2.95. The molecule has 2 N–H and O–H groups in total. The van der Waals surface area contributed by atoms with Gasteiger partial charge in [-0.3, -0.25) is 0 Å². The van der Waals surface area contributed by atoms with Crippen LogP contribution in [0.3, 0.4) is 0 Å². The number of furan rings is 1. The maximum absolute atomic E-state index is 5.53. The van der Waals surface area contributed by atoms with Crippen molar-refractivity contribution in [2.24, 2.45) is 0 Å². The molecular weight excluding hydrogens is 140 g/mol. The van der Waals surface area contributed by atoms with Gasteiger partial charge in [0.2, 0.25) is 0 Å². The second-order valence-corrected chi connectivity index (χ2v) is 2.03. The zero-order valence-corrected chi connectivity index (χ0v) is 5.24. The number of rotatable bonds is 0. The van der Waals surface area contributed by atoms with E-state index in [0.717, 1.165) is 11.0 Å². The average molecular weight is 150 g/mol. The summed E-state index contributed by atoms with van der Waals surface area (Å²) in [7, 11) is 0. The Hall–Kier alpha value is -1.51. The lowest BCUT2D eigenvalue weighted by molar-refractivity contribution is 0.615. The maximum atomic E-state index is 5.53. The third-order valence-corrected chi connectivity index (χ3v) is 1.41. The monoisotopic (exact) mass is 150 g/mol. The number of nitrogens with zero attached hydrogens (tertiary/aromatic N) is 1. The van der Waals surface area contributed by atoms with Crippen LogP contribution in [0, 0.1) is 0 Å². The van der Waals surface area contributed by atoms with E-state index in [1.807, 2.05) is 0 Å². The number of fused-ring (bicyclic) bond motifs is 1. The summed E-state index contributed by atoms with van der Waals surface area (Å²) in [6, 6.07) is 3.59. The van der Waals surface area contributed by atoms with Crippen LogP contribution in [0.4, 0.5) is 5.82 Å². The molecule has 0 unspecified atom stereocenters. The van der Waals surface area contributed by atoms with Gasteiger partial charge in [-0.1, -0.05) is 7.43 Å². The molecule has 3 nitrogen and oxygen atoms in total. The topological polar surface area (TPSA) is 52.0 Å². The Balaban J connectivity index is 0.000000605. The second kappa shape index (κ2) is 2.62. The summed E-state index contributed by atoms with van der Waals surface area (Å²) >= 11 is 0. The minimum Gasteiger partial charge on any atom is -0.464 e. The lowest BCUT2D eigenvalue weighted by atomic mass is 10.3. The van der Waals surface area contributed by atoms with E-state index in [9.17, 15) is 0 Å². The van der Waals surface area contributed by atoms with Gasteiger partial charge in [0.05, 0.1) is 11.6 Å². The molecule has 0 atom stereocenters. The second-order valence-electron chi connectivity index (χ2n) is 2.03. The van der Waals surface area contributed by atoms with Crippen LogP contribution < -0.4 is 5.73 Å². The highest BCUT2D eigenvalue weighted by Gasteiger charge is 1.98. The molecule has 0 saturated carbocycles. The Kier molecular flexibility index (Phi) is 1.81. The number of nitrogens with two attached hydrogens (primary N) is 1. The minimum absolute atomic E-state index is 0. The van der Waals surface area contributed by atoms with Crippen LogP contribution in [0.1, 0.15) is 7.43 Å². The molecule has 0 aromatic carbocycles. The molecule has 58 valence electrons. The largest absolute Gasteiger partial charge is 0.464 e. The number of nitrogen functional groups attached to an aromatic ring is 1. The summed E-state index contributed by atoms with van der Waals surface area (Å²) in [6.45, 7) is 0. The fourth-order valence-corrected chi connectivity index (χ4v) is 0.916. The SMILES string of the molecule is C.Nc1nccc2occc12. The van der Waals surface area contributed by atoms with E-state index in [1.165, 1.54) is 0 Å². The van der Waals surface area contributed by atoms with Crippen LogP contribution >= 0.6 is 0 Å². The third-order valence-electron chi connectivity index (χ3n) is 1.41. The van der Waals surface area contributed by atoms with Crippen molar-refractivity contribution in [1.82, 2.24) is 4.98 Å². The van der Waals surface area contributed by atoms with E-state index < -0.39 is 0 Å². The van der Waals surface area contributed by atoms with Crippen LogP contribution in [-0.4, -0.2) is 4.98 Å². The van der Waals surface area contributed by atoms with E-state index in [2.05, 4.69) is 4.98 Å². The maximum Gasteiger partial charge on any atom is 0.139 e. The Morgan fingerprint density at radius 3 is 2.91 bits per heavy atom. The zero-order chi connectivity index (χ0) is 6.97. The highest BCUT2D eigenvalue weighted by atomic mass is 16.3. The highest BCUT2D eigenvalue weighted by Crippen LogP contribution is 2.18. The molecule has 0 amide bonds. The minimum atomic E-state index is 0. The zero-order valence-electron chi connectivity index (χ0n) is 5.24. The van der Waals surface area contributed by atoms with Crippen molar-refractivity contribution >= 4 is 16.8 Å². The van der Waals surface area contributed by atoms with Crippen molar-refractivity contribution in [1.29, 1.82) is 0 Å². The van der Waals surface area contributed by atoms with Crippen molar-refractivity contribution in [2.45, 2.75) is 7.43 Å². The van der Waals surface area contributed by atoms with Gasteiger partial charge in [0.25, 0.3) is 0 Å². The number of aromatic nitrogens is 1. The molecule has 0 aliphatic heterocycles. The molecule has 0 aliphatic rings. The van der Waals surface area contributed by atoms with E-state index in [-0.39, 0.29) is 7.43 Å².